The molecule has 0 radical (unpaired) electrons. The summed E-state index contributed by atoms with van der Waals surface area (Å²) in [6, 6.07) is 8.31. The molecule has 1 aliphatic carbocycles. The fraction of sp³-hybridized carbons (Fsp3) is 0.650. The normalized spacial score (nSPS) is 21.5. The number of nitrogens with zero attached hydrogens (tertiary/aromatic N) is 1. The van der Waals surface area contributed by atoms with E-state index in [0.717, 1.165) is 29.1 Å². The molecule has 1 aromatic rings. The van der Waals surface area contributed by atoms with Crippen molar-refractivity contribution < 1.29 is 9.84 Å². The third-order valence-electron chi connectivity index (χ3n) is 4.36. The molecule has 0 aromatic heterocycles. The average molecular weight is 380 g/mol. The van der Waals surface area contributed by atoms with Gasteiger partial charge >= 0.3 is 0 Å². The van der Waals surface area contributed by atoms with E-state index in [4.69, 9.17) is 4.74 Å². The number of aliphatic hydroxyl groups is 1. The summed E-state index contributed by atoms with van der Waals surface area (Å²) in [6.45, 7) is 7.66. The maximum Gasteiger partial charge on any atom is 0.191 e. The molecule has 0 heterocycles. The molecule has 0 amide bonds. The second-order valence-electron chi connectivity index (χ2n) is 6.73. The van der Waals surface area contributed by atoms with Crippen LogP contribution in [0, 0.1) is 6.92 Å². The molecule has 0 aliphatic heterocycles. The number of nitrogens with one attached hydrogen (secondary N) is 2. The highest BCUT2D eigenvalue weighted by molar-refractivity contribution is 7.99. The van der Waals surface area contributed by atoms with Crippen LogP contribution >= 0.6 is 11.8 Å². The zero-order chi connectivity index (χ0) is 18.8. The molecule has 146 valence electrons. The summed E-state index contributed by atoms with van der Waals surface area (Å²) in [5.41, 5.74) is 1.14. The van der Waals surface area contributed by atoms with E-state index in [9.17, 15) is 5.11 Å². The van der Waals surface area contributed by atoms with Crippen LogP contribution in [0.4, 0.5) is 0 Å². The molecule has 3 atom stereocenters. The summed E-state index contributed by atoms with van der Waals surface area (Å²) < 4.78 is 5.65. The molecule has 1 aromatic carbocycles. The minimum atomic E-state index is -0.627. The summed E-state index contributed by atoms with van der Waals surface area (Å²) in [5, 5.41) is 17.7. The average Bonchev–Trinajstić information content (AvgIpc) is 3.05. The SMILES string of the molecule is CCNC(=NCC(O)COc1cccc(C)c1)NC1CCC(SCC)C1. The van der Waals surface area contributed by atoms with Crippen LogP contribution in [0.3, 0.4) is 0 Å². The largest absolute Gasteiger partial charge is 0.491 e. The van der Waals surface area contributed by atoms with Crippen molar-refractivity contribution in [3.8, 4) is 5.75 Å². The van der Waals surface area contributed by atoms with Gasteiger partial charge in [-0.2, -0.15) is 11.8 Å². The highest BCUT2D eigenvalue weighted by Crippen LogP contribution is 2.29. The second-order valence-corrected chi connectivity index (χ2v) is 8.31. The van der Waals surface area contributed by atoms with E-state index in [1.807, 2.05) is 43.0 Å². The number of hydrogen-bond donors (Lipinski definition) is 3. The number of aliphatic hydroxyl groups excluding tert-OH is 1. The molecule has 3 N–H and O–H groups in total. The van der Waals surface area contributed by atoms with Gasteiger partial charge in [-0.3, -0.25) is 4.99 Å². The molecule has 1 aliphatic rings. The van der Waals surface area contributed by atoms with Crippen molar-refractivity contribution in [3.63, 3.8) is 0 Å². The number of rotatable bonds is 9. The van der Waals surface area contributed by atoms with Crippen LogP contribution in [0.2, 0.25) is 0 Å². The van der Waals surface area contributed by atoms with Crippen LogP contribution in [0.5, 0.6) is 5.75 Å². The Labute approximate surface area is 162 Å². The molecule has 26 heavy (non-hydrogen) atoms. The van der Waals surface area contributed by atoms with Crippen LogP contribution in [0.25, 0.3) is 0 Å². The lowest BCUT2D eigenvalue weighted by Crippen LogP contribution is -2.43. The highest BCUT2D eigenvalue weighted by Gasteiger charge is 2.25. The van der Waals surface area contributed by atoms with E-state index in [0.29, 0.717) is 12.6 Å². The van der Waals surface area contributed by atoms with Crippen molar-refractivity contribution in [2.45, 2.75) is 57.4 Å². The first-order valence-electron chi connectivity index (χ1n) is 9.64. The Morgan fingerprint density at radius 2 is 2.23 bits per heavy atom. The van der Waals surface area contributed by atoms with Crippen LogP contribution in [0.15, 0.2) is 29.3 Å². The smallest absolute Gasteiger partial charge is 0.191 e. The number of benzene rings is 1. The van der Waals surface area contributed by atoms with Crippen molar-refractivity contribution in [3.05, 3.63) is 29.8 Å². The topological polar surface area (TPSA) is 65.9 Å². The maximum absolute atomic E-state index is 10.2. The molecule has 5 nitrogen and oxygen atoms in total. The van der Waals surface area contributed by atoms with Gasteiger partial charge in [0.25, 0.3) is 0 Å². The predicted molar refractivity (Wildman–Crippen MR) is 111 cm³/mol. The third kappa shape index (κ3) is 7.46. The number of aryl methyl sites for hydroxylation is 1. The second kappa shape index (κ2) is 11.3. The molecule has 1 saturated carbocycles. The number of aliphatic imine (C=N–C) groups is 1. The van der Waals surface area contributed by atoms with Crippen molar-refractivity contribution in [1.82, 2.24) is 10.6 Å². The molecule has 3 unspecified atom stereocenters. The standard InChI is InChI=1S/C20H33N3O2S/c1-4-21-20(23-16-9-10-19(12-16)26-5-2)22-13-17(24)14-25-18-8-6-7-15(3)11-18/h6-8,11,16-17,19,24H,4-5,9-10,12-14H2,1-3H3,(H2,21,22,23). The van der Waals surface area contributed by atoms with E-state index in [1.54, 1.807) is 0 Å². The van der Waals surface area contributed by atoms with Gasteiger partial charge in [-0.05, 0) is 56.6 Å². The zero-order valence-electron chi connectivity index (χ0n) is 16.2. The van der Waals surface area contributed by atoms with E-state index in [2.05, 4.69) is 29.5 Å². The first kappa shape index (κ1) is 20.9. The van der Waals surface area contributed by atoms with Gasteiger partial charge in [0.2, 0.25) is 0 Å². The molecule has 2 rings (SSSR count). The predicted octanol–water partition coefficient (Wildman–Crippen LogP) is 2.96. The molecule has 0 saturated heterocycles. The Morgan fingerprint density at radius 1 is 1.38 bits per heavy atom. The summed E-state index contributed by atoms with van der Waals surface area (Å²) in [7, 11) is 0. The van der Waals surface area contributed by atoms with Crippen molar-refractivity contribution in [1.29, 1.82) is 0 Å². The zero-order valence-corrected chi connectivity index (χ0v) is 17.0. The Balaban J connectivity index is 1.78. The van der Waals surface area contributed by atoms with Gasteiger partial charge < -0.3 is 20.5 Å². The van der Waals surface area contributed by atoms with E-state index in [1.165, 1.54) is 25.0 Å². The van der Waals surface area contributed by atoms with Crippen molar-refractivity contribution in [2.75, 3.05) is 25.4 Å². The lowest BCUT2D eigenvalue weighted by atomic mass is 10.2. The van der Waals surface area contributed by atoms with E-state index < -0.39 is 6.10 Å². The molecular weight excluding hydrogens is 346 g/mol. The quantitative estimate of drug-likeness (QED) is 0.455. The van der Waals surface area contributed by atoms with Crippen LogP contribution in [-0.4, -0.2) is 53.9 Å². The first-order chi connectivity index (χ1) is 12.6. The Kier molecular flexibility index (Phi) is 9.12. The monoisotopic (exact) mass is 379 g/mol. The molecule has 6 heteroatoms. The fourth-order valence-corrected chi connectivity index (χ4v) is 4.26. The lowest BCUT2D eigenvalue weighted by Gasteiger charge is -2.18. The van der Waals surface area contributed by atoms with Gasteiger partial charge in [0, 0.05) is 17.8 Å². The van der Waals surface area contributed by atoms with Gasteiger partial charge in [-0.25, -0.2) is 0 Å². The lowest BCUT2D eigenvalue weighted by molar-refractivity contribution is 0.114. The number of hydrogen-bond acceptors (Lipinski definition) is 4. The van der Waals surface area contributed by atoms with E-state index >= 15 is 0 Å². The summed E-state index contributed by atoms with van der Waals surface area (Å²) in [5.74, 6) is 2.75. The Hall–Kier alpha value is -1.40. The van der Waals surface area contributed by atoms with Gasteiger partial charge in [0.05, 0.1) is 6.54 Å². The van der Waals surface area contributed by atoms with Gasteiger partial charge in [0.15, 0.2) is 5.96 Å². The Morgan fingerprint density at radius 3 is 2.96 bits per heavy atom. The summed E-state index contributed by atoms with van der Waals surface area (Å²) >= 11 is 2.05. The molecule has 0 bridgehead atoms. The number of thioether (sulfide) groups is 1. The summed E-state index contributed by atoms with van der Waals surface area (Å²) in [4.78, 5) is 4.54. The number of guanidine groups is 1. The molecular formula is C20H33N3O2S. The van der Waals surface area contributed by atoms with Crippen LogP contribution in [-0.2, 0) is 0 Å². The first-order valence-corrected chi connectivity index (χ1v) is 10.7. The van der Waals surface area contributed by atoms with Gasteiger partial charge in [0.1, 0.15) is 18.5 Å². The van der Waals surface area contributed by atoms with Crippen molar-refractivity contribution in [2.24, 2.45) is 4.99 Å². The minimum Gasteiger partial charge on any atom is -0.491 e. The van der Waals surface area contributed by atoms with Gasteiger partial charge in [-0.15, -0.1) is 0 Å². The van der Waals surface area contributed by atoms with E-state index in [-0.39, 0.29) is 6.61 Å². The van der Waals surface area contributed by atoms with Crippen LogP contribution in [0.1, 0.15) is 38.7 Å². The van der Waals surface area contributed by atoms with Crippen molar-refractivity contribution >= 4 is 17.7 Å². The van der Waals surface area contributed by atoms with Gasteiger partial charge in [-0.1, -0.05) is 19.1 Å². The number of ether oxygens (including phenoxy) is 1. The molecule has 0 spiro atoms. The summed E-state index contributed by atoms with van der Waals surface area (Å²) in [6.07, 6.45) is 3.00. The maximum atomic E-state index is 10.2. The van der Waals surface area contributed by atoms with Crippen LogP contribution < -0.4 is 15.4 Å². The molecule has 1 fully saturated rings. The highest BCUT2D eigenvalue weighted by atomic mass is 32.2. The fourth-order valence-electron chi connectivity index (χ4n) is 3.12. The third-order valence-corrected chi connectivity index (χ3v) is 5.60. The minimum absolute atomic E-state index is 0.241. The Bertz CT molecular complexity index is 568.